The van der Waals surface area contributed by atoms with Gasteiger partial charge in [-0.2, -0.15) is 0 Å². The number of carbonyl (C=O) groups is 4. The number of benzene rings is 1. The van der Waals surface area contributed by atoms with E-state index in [0.717, 1.165) is 29.4 Å². The van der Waals surface area contributed by atoms with E-state index in [2.05, 4.69) is 26.3 Å². The molecule has 3 unspecified atom stereocenters. The van der Waals surface area contributed by atoms with Crippen molar-refractivity contribution in [2.24, 2.45) is 5.92 Å². The minimum Gasteiger partial charge on any atom is -0.480 e. The number of hydrogen-bond donors (Lipinski definition) is 6. The van der Waals surface area contributed by atoms with Gasteiger partial charge in [-0.3, -0.25) is 19.2 Å². The van der Waals surface area contributed by atoms with E-state index in [0.29, 0.717) is 12.8 Å². The summed E-state index contributed by atoms with van der Waals surface area (Å²) in [6.45, 7) is 4.02. The summed E-state index contributed by atoms with van der Waals surface area (Å²) in [5, 5.41) is 20.9. The molecule has 1 saturated heterocycles. The molecule has 3 amide bonds. The molecule has 10 heteroatoms. The molecule has 34 heavy (non-hydrogen) atoms. The second-order valence-corrected chi connectivity index (χ2v) is 9.08. The third kappa shape index (κ3) is 6.80. The highest BCUT2D eigenvalue weighted by Crippen LogP contribution is 2.19. The SMILES string of the molecule is CC(C)CC(NC(=O)C(Cc1c[nH]c2ccccc12)NC(=O)C1CCCN1)C(=O)NCC(=O)O. The summed E-state index contributed by atoms with van der Waals surface area (Å²) in [6, 6.07) is 5.50. The molecule has 3 rings (SSSR count). The van der Waals surface area contributed by atoms with E-state index in [1.165, 1.54) is 0 Å². The van der Waals surface area contributed by atoms with Gasteiger partial charge in [-0.05, 0) is 43.4 Å². The standard InChI is InChI=1S/C24H33N5O5/c1-14(2)10-19(22(32)27-13-21(30)31)28-24(34)20(29-23(33)18-8-5-9-25-18)11-15-12-26-17-7-4-3-6-16(15)17/h3-4,6-7,12,14,18-20,25-26H,5,8-11,13H2,1-2H3,(H,27,32)(H,28,34)(H,29,33)(H,30,31). The summed E-state index contributed by atoms with van der Waals surface area (Å²) in [7, 11) is 0. The number of rotatable bonds is 11. The zero-order valence-electron chi connectivity index (χ0n) is 19.5. The summed E-state index contributed by atoms with van der Waals surface area (Å²) in [4.78, 5) is 52.8. The molecule has 0 radical (unpaired) electrons. The van der Waals surface area contributed by atoms with E-state index in [-0.39, 0.29) is 24.3 Å². The fourth-order valence-corrected chi connectivity index (χ4v) is 4.17. The van der Waals surface area contributed by atoms with Gasteiger partial charge in [-0.1, -0.05) is 32.0 Å². The number of hydrogen-bond acceptors (Lipinski definition) is 5. The van der Waals surface area contributed by atoms with Gasteiger partial charge in [0.15, 0.2) is 0 Å². The van der Waals surface area contributed by atoms with Crippen LogP contribution in [0.25, 0.3) is 10.9 Å². The fraction of sp³-hybridized carbons (Fsp3) is 0.500. The van der Waals surface area contributed by atoms with Crippen LogP contribution < -0.4 is 21.3 Å². The largest absolute Gasteiger partial charge is 0.480 e. The molecule has 10 nitrogen and oxygen atoms in total. The topological polar surface area (TPSA) is 152 Å². The third-order valence-electron chi connectivity index (χ3n) is 5.86. The van der Waals surface area contributed by atoms with Crippen LogP contribution in [0.3, 0.4) is 0 Å². The minimum atomic E-state index is -1.17. The summed E-state index contributed by atoms with van der Waals surface area (Å²) in [5.41, 5.74) is 1.79. The zero-order chi connectivity index (χ0) is 24.7. The van der Waals surface area contributed by atoms with Crippen molar-refractivity contribution in [3.63, 3.8) is 0 Å². The predicted octanol–water partition coefficient (Wildman–Crippen LogP) is 0.679. The maximum absolute atomic E-state index is 13.3. The van der Waals surface area contributed by atoms with E-state index in [1.807, 2.05) is 44.3 Å². The molecule has 3 atom stereocenters. The van der Waals surface area contributed by atoms with Crippen LogP contribution in [-0.2, 0) is 25.6 Å². The second kappa shape index (κ2) is 11.6. The molecule has 0 saturated carbocycles. The lowest BCUT2D eigenvalue weighted by atomic mass is 10.0. The zero-order valence-corrected chi connectivity index (χ0v) is 19.5. The number of fused-ring (bicyclic) bond motifs is 1. The van der Waals surface area contributed by atoms with Crippen molar-refractivity contribution < 1.29 is 24.3 Å². The van der Waals surface area contributed by atoms with Crippen molar-refractivity contribution in [2.45, 2.75) is 57.7 Å². The van der Waals surface area contributed by atoms with Crippen molar-refractivity contribution in [1.29, 1.82) is 0 Å². The molecule has 0 aliphatic carbocycles. The van der Waals surface area contributed by atoms with Gasteiger partial charge in [-0.25, -0.2) is 0 Å². The highest BCUT2D eigenvalue weighted by Gasteiger charge is 2.31. The first-order valence-electron chi connectivity index (χ1n) is 11.6. The Morgan fingerprint density at radius 3 is 2.53 bits per heavy atom. The van der Waals surface area contributed by atoms with Crippen LogP contribution in [0.15, 0.2) is 30.5 Å². The highest BCUT2D eigenvalue weighted by molar-refractivity contribution is 5.94. The van der Waals surface area contributed by atoms with E-state index in [1.54, 1.807) is 0 Å². The highest BCUT2D eigenvalue weighted by atomic mass is 16.4. The van der Waals surface area contributed by atoms with Gasteiger partial charge >= 0.3 is 5.97 Å². The number of aliphatic carboxylic acids is 1. The molecule has 1 aromatic heterocycles. The van der Waals surface area contributed by atoms with E-state index >= 15 is 0 Å². The average Bonchev–Trinajstić information content (AvgIpc) is 3.47. The second-order valence-electron chi connectivity index (χ2n) is 9.08. The van der Waals surface area contributed by atoms with Gasteiger partial charge in [0.25, 0.3) is 0 Å². The molecule has 0 bridgehead atoms. The third-order valence-corrected chi connectivity index (χ3v) is 5.86. The Morgan fingerprint density at radius 2 is 1.85 bits per heavy atom. The number of aromatic nitrogens is 1. The Balaban J connectivity index is 1.79. The van der Waals surface area contributed by atoms with Crippen molar-refractivity contribution >= 4 is 34.6 Å². The van der Waals surface area contributed by atoms with Gasteiger partial charge < -0.3 is 31.4 Å². The molecule has 1 aromatic carbocycles. The van der Waals surface area contributed by atoms with E-state index in [9.17, 15) is 19.2 Å². The van der Waals surface area contributed by atoms with Crippen LogP contribution in [-0.4, -0.2) is 65.0 Å². The monoisotopic (exact) mass is 471 g/mol. The summed E-state index contributed by atoms with van der Waals surface area (Å²) >= 11 is 0. The average molecular weight is 472 g/mol. The number of amides is 3. The molecule has 184 valence electrons. The number of carboxylic acids is 1. The molecule has 6 N–H and O–H groups in total. The predicted molar refractivity (Wildman–Crippen MR) is 127 cm³/mol. The van der Waals surface area contributed by atoms with Gasteiger partial charge in [0.05, 0.1) is 6.04 Å². The summed E-state index contributed by atoms with van der Waals surface area (Å²) < 4.78 is 0. The maximum Gasteiger partial charge on any atom is 0.322 e. The maximum atomic E-state index is 13.3. The Hall–Kier alpha value is -3.40. The number of carboxylic acid groups (broad SMARTS) is 1. The lowest BCUT2D eigenvalue weighted by molar-refractivity contribution is -0.138. The molecule has 2 aromatic rings. The molecule has 2 heterocycles. The van der Waals surface area contributed by atoms with Crippen molar-refractivity contribution in [2.75, 3.05) is 13.1 Å². The minimum absolute atomic E-state index is 0.0743. The van der Waals surface area contributed by atoms with Gasteiger partial charge in [0.1, 0.15) is 18.6 Å². The van der Waals surface area contributed by atoms with Crippen molar-refractivity contribution in [3.8, 4) is 0 Å². The Bertz CT molecular complexity index is 1030. The van der Waals surface area contributed by atoms with Crippen LogP contribution in [0.1, 0.15) is 38.7 Å². The first-order chi connectivity index (χ1) is 16.2. The molecule has 0 spiro atoms. The first kappa shape index (κ1) is 25.2. The van der Waals surface area contributed by atoms with Gasteiger partial charge in [0.2, 0.25) is 17.7 Å². The first-order valence-corrected chi connectivity index (χ1v) is 11.6. The van der Waals surface area contributed by atoms with E-state index in [4.69, 9.17) is 5.11 Å². The molecular weight excluding hydrogens is 438 g/mol. The number of nitrogens with one attached hydrogen (secondary N) is 5. The lowest BCUT2D eigenvalue weighted by Gasteiger charge is -2.25. The molecular formula is C24H33N5O5. The van der Waals surface area contributed by atoms with Crippen LogP contribution >= 0.6 is 0 Å². The Labute approximate surface area is 198 Å². The molecule has 1 fully saturated rings. The normalized spacial score (nSPS) is 17.3. The number of aromatic amines is 1. The van der Waals surface area contributed by atoms with Crippen LogP contribution in [0.5, 0.6) is 0 Å². The number of para-hydroxylation sites is 1. The Kier molecular flexibility index (Phi) is 8.64. The van der Waals surface area contributed by atoms with E-state index < -0.39 is 36.4 Å². The quantitative estimate of drug-likeness (QED) is 0.283. The summed E-state index contributed by atoms with van der Waals surface area (Å²) in [5.74, 6) is -2.41. The summed E-state index contributed by atoms with van der Waals surface area (Å²) in [6.07, 6.45) is 3.96. The Morgan fingerprint density at radius 1 is 1.09 bits per heavy atom. The van der Waals surface area contributed by atoms with Crippen LogP contribution in [0.4, 0.5) is 0 Å². The number of H-pyrrole nitrogens is 1. The molecule has 1 aliphatic heterocycles. The molecule has 1 aliphatic rings. The van der Waals surface area contributed by atoms with Crippen LogP contribution in [0, 0.1) is 5.92 Å². The van der Waals surface area contributed by atoms with Gasteiger partial charge in [-0.15, -0.1) is 0 Å². The lowest BCUT2D eigenvalue weighted by Crippen LogP contribution is -2.56. The van der Waals surface area contributed by atoms with Crippen molar-refractivity contribution in [1.82, 2.24) is 26.3 Å². The van der Waals surface area contributed by atoms with Crippen molar-refractivity contribution in [3.05, 3.63) is 36.0 Å². The smallest absolute Gasteiger partial charge is 0.322 e. The fourth-order valence-electron chi connectivity index (χ4n) is 4.17. The number of carbonyl (C=O) groups excluding carboxylic acids is 3. The van der Waals surface area contributed by atoms with Gasteiger partial charge in [0, 0.05) is 23.5 Å². The van der Waals surface area contributed by atoms with Crippen LogP contribution in [0.2, 0.25) is 0 Å².